The number of hydrogen-bond acceptors (Lipinski definition) is 4. The van der Waals surface area contributed by atoms with Crippen molar-refractivity contribution in [1.29, 1.82) is 0 Å². The molecule has 0 aliphatic carbocycles. The van der Waals surface area contributed by atoms with Crippen LogP contribution in [0.4, 0.5) is 10.5 Å². The first-order chi connectivity index (χ1) is 9.69. The molecule has 0 aliphatic rings. The number of rotatable bonds is 4. The predicted molar refractivity (Wildman–Crippen MR) is 81.4 cm³/mol. The number of nitro benzene ring substituents is 1. The van der Waals surface area contributed by atoms with Gasteiger partial charge in [0, 0.05) is 17.6 Å². The largest absolute Gasteiger partial charge is 0.444 e. The molecule has 0 aliphatic heterocycles. The Kier molecular flexibility index (Phi) is 5.72. The zero-order valence-electron chi connectivity index (χ0n) is 12.1. The smallest absolute Gasteiger partial charge is 0.407 e. The zero-order valence-corrected chi connectivity index (χ0v) is 12.8. The summed E-state index contributed by atoms with van der Waals surface area (Å²) < 4.78 is 5.06. The normalized spacial score (nSPS) is 11.4. The highest BCUT2D eigenvalue weighted by molar-refractivity contribution is 6.30. The third-order valence-electron chi connectivity index (χ3n) is 2.25. The van der Waals surface area contributed by atoms with E-state index >= 15 is 0 Å². The van der Waals surface area contributed by atoms with Gasteiger partial charge in [-0.25, -0.2) is 4.79 Å². The average Bonchev–Trinajstić information content (AvgIpc) is 2.32. The van der Waals surface area contributed by atoms with Crippen LogP contribution in [0.5, 0.6) is 0 Å². The monoisotopic (exact) mass is 312 g/mol. The Balaban J connectivity index is 2.64. The minimum Gasteiger partial charge on any atom is -0.444 e. The molecule has 0 spiro atoms. The molecule has 1 aromatic rings. The van der Waals surface area contributed by atoms with Crippen LogP contribution in [0.15, 0.2) is 24.3 Å². The van der Waals surface area contributed by atoms with Gasteiger partial charge in [0.25, 0.3) is 5.69 Å². The molecule has 0 bridgehead atoms. The lowest BCUT2D eigenvalue weighted by Crippen LogP contribution is -2.32. The Morgan fingerprint density at radius 1 is 1.48 bits per heavy atom. The van der Waals surface area contributed by atoms with Gasteiger partial charge < -0.3 is 10.1 Å². The summed E-state index contributed by atoms with van der Waals surface area (Å²) in [4.78, 5) is 21.8. The van der Waals surface area contributed by atoms with Gasteiger partial charge in [-0.15, -0.1) is 0 Å². The van der Waals surface area contributed by atoms with Gasteiger partial charge in [0.05, 0.1) is 10.5 Å². The number of nitrogens with one attached hydrogen (secondary N) is 1. The van der Waals surface area contributed by atoms with Crippen molar-refractivity contribution in [3.8, 4) is 0 Å². The van der Waals surface area contributed by atoms with E-state index in [0.29, 0.717) is 10.6 Å². The van der Waals surface area contributed by atoms with Gasteiger partial charge in [-0.3, -0.25) is 10.1 Å². The molecule has 21 heavy (non-hydrogen) atoms. The Morgan fingerprint density at radius 3 is 2.71 bits per heavy atom. The minimum atomic E-state index is -0.570. The molecule has 0 heterocycles. The molecule has 0 fully saturated rings. The maximum atomic E-state index is 11.4. The van der Waals surface area contributed by atoms with Crippen molar-refractivity contribution >= 4 is 29.5 Å². The number of carbonyl (C=O) groups excluding carboxylic acids is 1. The first-order valence-corrected chi connectivity index (χ1v) is 6.64. The van der Waals surface area contributed by atoms with Gasteiger partial charge in [-0.05, 0) is 32.9 Å². The Bertz CT molecular complexity index is 565. The topological polar surface area (TPSA) is 81.5 Å². The first kappa shape index (κ1) is 17.0. The van der Waals surface area contributed by atoms with Crippen LogP contribution in [-0.2, 0) is 4.74 Å². The molecule has 0 saturated carbocycles. The van der Waals surface area contributed by atoms with Crippen molar-refractivity contribution in [1.82, 2.24) is 5.32 Å². The first-order valence-electron chi connectivity index (χ1n) is 6.26. The van der Waals surface area contributed by atoms with Crippen molar-refractivity contribution in [3.05, 3.63) is 45.0 Å². The third-order valence-corrected chi connectivity index (χ3v) is 2.48. The van der Waals surface area contributed by atoms with E-state index < -0.39 is 16.6 Å². The summed E-state index contributed by atoms with van der Waals surface area (Å²) >= 11 is 5.81. The van der Waals surface area contributed by atoms with Crippen LogP contribution >= 0.6 is 11.6 Å². The third kappa shape index (κ3) is 6.27. The van der Waals surface area contributed by atoms with Gasteiger partial charge in [-0.1, -0.05) is 23.8 Å². The number of carbonyl (C=O) groups is 1. The zero-order chi connectivity index (χ0) is 16.0. The van der Waals surface area contributed by atoms with Crippen molar-refractivity contribution in [2.45, 2.75) is 26.4 Å². The number of ether oxygens (including phenoxy) is 1. The lowest BCUT2D eigenvalue weighted by atomic mass is 10.1. The van der Waals surface area contributed by atoms with Crippen LogP contribution in [0, 0.1) is 10.1 Å². The summed E-state index contributed by atoms with van der Waals surface area (Å²) in [6, 6.07) is 4.28. The van der Waals surface area contributed by atoms with E-state index in [2.05, 4.69) is 5.32 Å². The Labute approximate surface area is 127 Å². The molecule has 114 valence electrons. The molecule has 0 unspecified atom stereocenters. The van der Waals surface area contributed by atoms with Crippen LogP contribution < -0.4 is 5.32 Å². The number of halogens is 1. The van der Waals surface area contributed by atoms with Gasteiger partial charge >= 0.3 is 6.09 Å². The second-order valence-electron chi connectivity index (χ2n) is 5.25. The molecule has 7 heteroatoms. The van der Waals surface area contributed by atoms with Crippen LogP contribution in [0.1, 0.15) is 26.3 Å². The highest BCUT2D eigenvalue weighted by Crippen LogP contribution is 2.23. The maximum Gasteiger partial charge on any atom is 0.407 e. The predicted octanol–water partition coefficient (Wildman–Crippen LogP) is 3.79. The minimum absolute atomic E-state index is 0.0482. The van der Waals surface area contributed by atoms with Crippen molar-refractivity contribution in [2.24, 2.45) is 0 Å². The van der Waals surface area contributed by atoms with Crippen LogP contribution in [0.2, 0.25) is 5.02 Å². The quantitative estimate of drug-likeness (QED) is 0.677. The summed E-state index contributed by atoms with van der Waals surface area (Å²) in [7, 11) is 0. The highest BCUT2D eigenvalue weighted by Gasteiger charge is 2.15. The van der Waals surface area contributed by atoms with E-state index in [-0.39, 0.29) is 12.2 Å². The van der Waals surface area contributed by atoms with Crippen molar-refractivity contribution in [2.75, 3.05) is 6.54 Å². The average molecular weight is 313 g/mol. The van der Waals surface area contributed by atoms with Crippen LogP contribution in [0.3, 0.4) is 0 Å². The molecule has 0 atom stereocenters. The number of nitrogens with zero attached hydrogens (tertiary/aromatic N) is 1. The molecule has 1 rings (SSSR count). The summed E-state index contributed by atoms with van der Waals surface area (Å²) in [6.07, 6.45) is 2.57. The summed E-state index contributed by atoms with van der Waals surface area (Å²) in [5.74, 6) is 0. The fourth-order valence-corrected chi connectivity index (χ4v) is 1.65. The van der Waals surface area contributed by atoms with E-state index in [0.717, 1.165) is 0 Å². The van der Waals surface area contributed by atoms with Crippen LogP contribution in [-0.4, -0.2) is 23.2 Å². The van der Waals surface area contributed by atoms with E-state index in [4.69, 9.17) is 16.3 Å². The maximum absolute atomic E-state index is 11.4. The standard InChI is InChI=1S/C14H17ClN2O4/c1-14(2,3)21-13(18)16-8-4-5-10-9-11(15)6-7-12(10)17(19)20/h4-7,9H,8H2,1-3H3,(H,16,18). The Hall–Kier alpha value is -2.08. The molecule has 1 aromatic carbocycles. The molecule has 0 radical (unpaired) electrons. The lowest BCUT2D eigenvalue weighted by molar-refractivity contribution is -0.385. The lowest BCUT2D eigenvalue weighted by Gasteiger charge is -2.19. The van der Waals surface area contributed by atoms with Crippen molar-refractivity contribution < 1.29 is 14.5 Å². The number of alkyl carbamates (subject to hydrolysis) is 1. The molecule has 0 saturated heterocycles. The highest BCUT2D eigenvalue weighted by atomic mass is 35.5. The number of amides is 1. The number of benzene rings is 1. The van der Waals surface area contributed by atoms with Gasteiger partial charge in [-0.2, -0.15) is 0 Å². The van der Waals surface area contributed by atoms with Gasteiger partial charge in [0.15, 0.2) is 0 Å². The molecule has 1 amide bonds. The summed E-state index contributed by atoms with van der Waals surface area (Å²) in [5.41, 5.74) is -0.245. The second-order valence-corrected chi connectivity index (χ2v) is 5.68. The fraction of sp³-hybridized carbons (Fsp3) is 0.357. The summed E-state index contributed by atoms with van der Waals surface area (Å²) in [5, 5.41) is 13.8. The number of hydrogen-bond donors (Lipinski definition) is 1. The Morgan fingerprint density at radius 2 is 2.14 bits per heavy atom. The van der Waals surface area contributed by atoms with Crippen LogP contribution in [0.25, 0.3) is 6.08 Å². The van der Waals surface area contributed by atoms with E-state index in [9.17, 15) is 14.9 Å². The van der Waals surface area contributed by atoms with Crippen molar-refractivity contribution in [3.63, 3.8) is 0 Å². The second kappa shape index (κ2) is 7.08. The van der Waals surface area contributed by atoms with E-state index in [1.165, 1.54) is 24.3 Å². The molecule has 1 N–H and O–H groups in total. The molecule has 6 nitrogen and oxygen atoms in total. The fourth-order valence-electron chi connectivity index (χ4n) is 1.47. The summed E-state index contributed by atoms with van der Waals surface area (Å²) in [6.45, 7) is 5.48. The molecule has 0 aromatic heterocycles. The van der Waals surface area contributed by atoms with E-state index in [1.54, 1.807) is 26.8 Å². The molecular formula is C14H17ClN2O4. The van der Waals surface area contributed by atoms with Gasteiger partial charge in [0.2, 0.25) is 0 Å². The number of nitro groups is 1. The van der Waals surface area contributed by atoms with Gasteiger partial charge in [0.1, 0.15) is 5.60 Å². The SMILES string of the molecule is CC(C)(C)OC(=O)NCC=Cc1cc(Cl)ccc1[N+](=O)[O-]. The van der Waals surface area contributed by atoms with E-state index in [1.807, 2.05) is 0 Å². The molecular weight excluding hydrogens is 296 g/mol.